The van der Waals surface area contributed by atoms with E-state index in [9.17, 15) is 25.0 Å². The third-order valence-electron chi connectivity index (χ3n) is 3.47. The smallest absolute Gasteiger partial charge is 0.280 e. The molecular weight excluding hydrogens is 332 g/mol. The zero-order chi connectivity index (χ0) is 18.0. The first-order valence-corrected chi connectivity index (χ1v) is 7.00. The van der Waals surface area contributed by atoms with Crippen LogP contribution in [0.5, 0.6) is 11.5 Å². The lowest BCUT2D eigenvalue weighted by Crippen LogP contribution is -1.97. The number of ketones is 1. The van der Waals surface area contributed by atoms with Gasteiger partial charge in [-0.1, -0.05) is 12.1 Å². The number of carbonyl (C=O) groups excluding carboxylic acids is 1. The first-order valence-electron chi connectivity index (χ1n) is 7.00. The second-order valence-corrected chi connectivity index (χ2v) is 5.03. The number of rotatable bonds is 5. The van der Waals surface area contributed by atoms with Crippen LogP contribution in [0.15, 0.2) is 42.5 Å². The maximum atomic E-state index is 12.2. The van der Waals surface area contributed by atoms with E-state index in [1.54, 1.807) is 0 Å². The standard InChI is InChI=1S/C16H10N2O7/c19-14(11-2-1-3-12(6-11)17(20)21)5-4-10-7-15-16(25-9-24-15)8-13(10)18(22)23/h1-8H,9H2/b5-4+. The molecule has 0 aromatic heterocycles. The lowest BCUT2D eigenvalue weighted by atomic mass is 10.1. The highest BCUT2D eigenvalue weighted by Crippen LogP contribution is 2.38. The normalized spacial score (nSPS) is 12.3. The summed E-state index contributed by atoms with van der Waals surface area (Å²) in [5.74, 6) is 0.0811. The van der Waals surface area contributed by atoms with Gasteiger partial charge in [0.25, 0.3) is 11.4 Å². The molecule has 0 spiro atoms. The predicted octanol–water partition coefficient (Wildman–Crippen LogP) is 3.13. The minimum Gasteiger partial charge on any atom is -0.454 e. The molecule has 0 atom stereocenters. The number of allylic oxidation sites excluding steroid dienone is 1. The molecule has 0 saturated heterocycles. The highest BCUT2D eigenvalue weighted by Gasteiger charge is 2.22. The van der Waals surface area contributed by atoms with Crippen LogP contribution < -0.4 is 9.47 Å². The van der Waals surface area contributed by atoms with Crippen LogP contribution in [0.3, 0.4) is 0 Å². The largest absolute Gasteiger partial charge is 0.454 e. The summed E-state index contributed by atoms with van der Waals surface area (Å²) < 4.78 is 10.3. The number of nitro benzene ring substituents is 2. The second kappa shape index (κ2) is 6.40. The van der Waals surface area contributed by atoms with Gasteiger partial charge in [0.1, 0.15) is 0 Å². The molecule has 2 aromatic rings. The molecule has 0 radical (unpaired) electrons. The number of hydrogen-bond acceptors (Lipinski definition) is 7. The van der Waals surface area contributed by atoms with Crippen molar-refractivity contribution in [3.05, 3.63) is 73.8 Å². The van der Waals surface area contributed by atoms with Crippen molar-refractivity contribution in [1.82, 2.24) is 0 Å². The number of fused-ring (bicyclic) bond motifs is 1. The van der Waals surface area contributed by atoms with E-state index in [2.05, 4.69) is 0 Å². The van der Waals surface area contributed by atoms with Crippen molar-refractivity contribution < 1.29 is 24.1 Å². The Bertz CT molecular complexity index is 921. The van der Waals surface area contributed by atoms with E-state index < -0.39 is 15.6 Å². The van der Waals surface area contributed by atoms with Gasteiger partial charge in [0.2, 0.25) is 6.79 Å². The fourth-order valence-electron chi connectivity index (χ4n) is 2.27. The Balaban J connectivity index is 1.91. The van der Waals surface area contributed by atoms with Crippen molar-refractivity contribution in [2.75, 3.05) is 6.79 Å². The quantitative estimate of drug-likeness (QED) is 0.354. The molecule has 0 aliphatic carbocycles. The lowest BCUT2D eigenvalue weighted by molar-refractivity contribution is -0.385. The molecule has 0 amide bonds. The maximum Gasteiger partial charge on any atom is 0.280 e. The van der Waals surface area contributed by atoms with E-state index in [1.165, 1.54) is 36.4 Å². The van der Waals surface area contributed by atoms with Crippen molar-refractivity contribution in [3.63, 3.8) is 0 Å². The van der Waals surface area contributed by atoms with Crippen LogP contribution in [0.2, 0.25) is 0 Å². The Labute approximate surface area is 140 Å². The van der Waals surface area contributed by atoms with E-state index >= 15 is 0 Å². The summed E-state index contributed by atoms with van der Waals surface area (Å²) in [5, 5.41) is 21.9. The van der Waals surface area contributed by atoms with Crippen molar-refractivity contribution in [2.45, 2.75) is 0 Å². The molecule has 0 saturated carbocycles. The fraction of sp³-hybridized carbons (Fsp3) is 0.0625. The van der Waals surface area contributed by atoms with E-state index in [-0.39, 0.29) is 35.0 Å². The molecule has 126 valence electrons. The molecule has 9 nitrogen and oxygen atoms in total. The predicted molar refractivity (Wildman–Crippen MR) is 85.7 cm³/mol. The first kappa shape index (κ1) is 16.1. The van der Waals surface area contributed by atoms with Crippen LogP contribution in [-0.4, -0.2) is 22.4 Å². The van der Waals surface area contributed by atoms with Crippen LogP contribution in [0, 0.1) is 20.2 Å². The third kappa shape index (κ3) is 3.29. The van der Waals surface area contributed by atoms with Gasteiger partial charge >= 0.3 is 0 Å². The zero-order valence-electron chi connectivity index (χ0n) is 12.6. The monoisotopic (exact) mass is 342 g/mol. The fourth-order valence-corrected chi connectivity index (χ4v) is 2.27. The molecule has 0 N–H and O–H groups in total. The van der Waals surface area contributed by atoms with Crippen LogP contribution in [0.25, 0.3) is 6.08 Å². The minimum atomic E-state index is -0.608. The average Bonchev–Trinajstić information content (AvgIpc) is 3.06. The molecule has 1 heterocycles. The van der Waals surface area contributed by atoms with Gasteiger partial charge in [0.15, 0.2) is 17.3 Å². The molecule has 0 bridgehead atoms. The molecule has 9 heteroatoms. The van der Waals surface area contributed by atoms with Crippen LogP contribution >= 0.6 is 0 Å². The number of nitrogens with zero attached hydrogens (tertiary/aromatic N) is 2. The van der Waals surface area contributed by atoms with Crippen molar-refractivity contribution >= 4 is 23.2 Å². The lowest BCUT2D eigenvalue weighted by Gasteiger charge is -2.01. The second-order valence-electron chi connectivity index (χ2n) is 5.03. The van der Waals surface area contributed by atoms with E-state index in [1.807, 2.05) is 0 Å². The molecule has 2 aromatic carbocycles. The van der Waals surface area contributed by atoms with Crippen LogP contribution in [0.4, 0.5) is 11.4 Å². The third-order valence-corrected chi connectivity index (χ3v) is 3.47. The van der Waals surface area contributed by atoms with E-state index in [4.69, 9.17) is 9.47 Å². The number of non-ortho nitro benzene ring substituents is 1. The van der Waals surface area contributed by atoms with Gasteiger partial charge in [-0.15, -0.1) is 0 Å². The summed E-state index contributed by atoms with van der Waals surface area (Å²) in [6, 6.07) is 7.84. The Hall–Kier alpha value is -3.75. The summed E-state index contributed by atoms with van der Waals surface area (Å²) >= 11 is 0. The number of carbonyl (C=O) groups is 1. The van der Waals surface area contributed by atoms with Crippen molar-refractivity contribution in [2.24, 2.45) is 0 Å². The summed E-state index contributed by atoms with van der Waals surface area (Å²) in [6.45, 7) is -0.0354. The number of nitro groups is 2. The van der Waals surface area contributed by atoms with Crippen LogP contribution in [0.1, 0.15) is 15.9 Å². The summed E-state index contributed by atoms with van der Waals surface area (Å²) in [4.78, 5) is 32.9. The van der Waals surface area contributed by atoms with Gasteiger partial charge in [-0.25, -0.2) is 0 Å². The Morgan fingerprint density at radius 2 is 1.76 bits per heavy atom. The van der Waals surface area contributed by atoms with Crippen molar-refractivity contribution in [3.8, 4) is 11.5 Å². The van der Waals surface area contributed by atoms with Crippen molar-refractivity contribution in [1.29, 1.82) is 0 Å². The van der Waals surface area contributed by atoms with Gasteiger partial charge in [-0.2, -0.15) is 0 Å². The zero-order valence-corrected chi connectivity index (χ0v) is 12.6. The van der Waals surface area contributed by atoms with E-state index in [0.717, 1.165) is 12.1 Å². The topological polar surface area (TPSA) is 122 Å². The molecule has 3 rings (SSSR count). The Morgan fingerprint density at radius 3 is 2.44 bits per heavy atom. The average molecular weight is 342 g/mol. The number of hydrogen-bond donors (Lipinski definition) is 0. The molecule has 1 aliphatic heterocycles. The van der Waals surface area contributed by atoms with Gasteiger partial charge in [-0.05, 0) is 18.2 Å². The van der Waals surface area contributed by atoms with E-state index in [0.29, 0.717) is 5.75 Å². The Morgan fingerprint density at radius 1 is 1.04 bits per heavy atom. The minimum absolute atomic E-state index is 0.0354. The van der Waals surface area contributed by atoms with Gasteiger partial charge in [0, 0.05) is 17.7 Å². The number of ether oxygens (including phenoxy) is 2. The first-order chi connectivity index (χ1) is 12.0. The summed E-state index contributed by atoms with van der Waals surface area (Å²) in [6.07, 6.45) is 2.38. The van der Waals surface area contributed by atoms with Crippen LogP contribution in [-0.2, 0) is 0 Å². The summed E-state index contributed by atoms with van der Waals surface area (Å²) in [5.41, 5.74) is -0.192. The SMILES string of the molecule is O=C(/C=C/c1cc2c(cc1[N+](=O)[O-])OCO2)c1cccc([N+](=O)[O-])c1. The van der Waals surface area contributed by atoms with Gasteiger partial charge in [-0.3, -0.25) is 25.0 Å². The molecule has 1 aliphatic rings. The van der Waals surface area contributed by atoms with Gasteiger partial charge in [0.05, 0.1) is 21.5 Å². The highest BCUT2D eigenvalue weighted by atomic mass is 16.7. The summed E-state index contributed by atoms with van der Waals surface area (Å²) in [7, 11) is 0. The highest BCUT2D eigenvalue weighted by molar-refractivity contribution is 6.07. The van der Waals surface area contributed by atoms with Gasteiger partial charge < -0.3 is 9.47 Å². The molecule has 25 heavy (non-hydrogen) atoms. The maximum absolute atomic E-state index is 12.2. The Kier molecular flexibility index (Phi) is 4.12. The molecular formula is C16H10N2O7. The molecule has 0 unspecified atom stereocenters. The molecule has 0 fully saturated rings. The number of benzene rings is 2.